The number of anilines is 1. The van der Waals surface area contributed by atoms with Gasteiger partial charge in [0.2, 0.25) is 5.91 Å². The summed E-state index contributed by atoms with van der Waals surface area (Å²) in [5.74, 6) is -0.475. The minimum atomic E-state index is -0.418. The molecule has 3 aromatic rings. The number of nitrogens with zero attached hydrogens (tertiary/aromatic N) is 1. The first-order valence-corrected chi connectivity index (χ1v) is 8.48. The van der Waals surface area contributed by atoms with Gasteiger partial charge in [0.05, 0.1) is 24.0 Å². The quantitative estimate of drug-likeness (QED) is 0.731. The van der Waals surface area contributed by atoms with Crippen LogP contribution in [0.5, 0.6) is 5.75 Å². The third kappa shape index (κ3) is 3.75. The van der Waals surface area contributed by atoms with Gasteiger partial charge < -0.3 is 14.8 Å². The first-order chi connectivity index (χ1) is 12.9. The molecule has 0 bridgehead atoms. The number of pyridine rings is 1. The summed E-state index contributed by atoms with van der Waals surface area (Å²) >= 11 is 0. The molecule has 0 saturated carbocycles. The normalized spacial score (nSPS) is 10.9. The van der Waals surface area contributed by atoms with Crippen molar-refractivity contribution in [1.82, 2.24) is 4.98 Å². The Labute approximate surface area is 157 Å². The van der Waals surface area contributed by atoms with Crippen LogP contribution < -0.4 is 10.1 Å². The standard InChI is InChI=1S/C21H21FN2O3/c1-12-5-8-16(23-19(25)11-26-3)20-13(2)9-17(24-21(12)20)14-6-7-15(22)18(10-14)27-4/h5-10H,11H2,1-4H3,(H,23,25). The number of hydrogen-bond donors (Lipinski definition) is 1. The molecule has 0 unspecified atom stereocenters. The lowest BCUT2D eigenvalue weighted by Crippen LogP contribution is -2.17. The Balaban J connectivity index is 2.14. The van der Waals surface area contributed by atoms with Gasteiger partial charge in [-0.15, -0.1) is 0 Å². The van der Waals surface area contributed by atoms with E-state index in [1.54, 1.807) is 12.1 Å². The van der Waals surface area contributed by atoms with Crippen molar-refractivity contribution in [3.05, 3.63) is 53.3 Å². The molecular formula is C21H21FN2O3. The number of aromatic nitrogens is 1. The molecule has 5 nitrogen and oxygen atoms in total. The van der Waals surface area contributed by atoms with Crippen LogP contribution >= 0.6 is 0 Å². The number of rotatable bonds is 5. The van der Waals surface area contributed by atoms with E-state index < -0.39 is 5.82 Å². The molecule has 1 N–H and O–H groups in total. The van der Waals surface area contributed by atoms with Crippen molar-refractivity contribution < 1.29 is 18.7 Å². The molecule has 3 rings (SSSR count). The highest BCUT2D eigenvalue weighted by Crippen LogP contribution is 2.33. The fourth-order valence-electron chi connectivity index (χ4n) is 3.06. The number of aryl methyl sites for hydroxylation is 2. The van der Waals surface area contributed by atoms with E-state index in [1.165, 1.54) is 20.3 Å². The summed E-state index contributed by atoms with van der Waals surface area (Å²) in [5, 5.41) is 3.74. The molecule has 1 aromatic heterocycles. The highest BCUT2D eigenvalue weighted by molar-refractivity contribution is 6.04. The van der Waals surface area contributed by atoms with E-state index in [4.69, 9.17) is 14.5 Å². The second-order valence-corrected chi connectivity index (χ2v) is 6.31. The molecule has 1 amide bonds. The second kappa shape index (κ2) is 7.72. The summed E-state index contributed by atoms with van der Waals surface area (Å²) in [6, 6.07) is 10.4. The summed E-state index contributed by atoms with van der Waals surface area (Å²) in [7, 11) is 2.91. The maximum atomic E-state index is 13.7. The lowest BCUT2D eigenvalue weighted by molar-refractivity contribution is -0.119. The Morgan fingerprint density at radius 1 is 1.11 bits per heavy atom. The number of hydrogen-bond acceptors (Lipinski definition) is 4. The molecule has 0 saturated heterocycles. The van der Waals surface area contributed by atoms with Crippen LogP contribution in [0, 0.1) is 19.7 Å². The van der Waals surface area contributed by atoms with Gasteiger partial charge in [0.1, 0.15) is 6.61 Å². The van der Waals surface area contributed by atoms with Crippen LogP contribution in [0.4, 0.5) is 10.1 Å². The van der Waals surface area contributed by atoms with E-state index in [0.29, 0.717) is 11.4 Å². The zero-order chi connectivity index (χ0) is 19.6. The van der Waals surface area contributed by atoms with Crippen LogP contribution in [-0.4, -0.2) is 31.7 Å². The van der Waals surface area contributed by atoms with E-state index in [2.05, 4.69) is 5.32 Å². The monoisotopic (exact) mass is 368 g/mol. The first kappa shape index (κ1) is 18.8. The van der Waals surface area contributed by atoms with Crippen molar-refractivity contribution in [1.29, 1.82) is 0 Å². The molecule has 0 spiro atoms. The van der Waals surface area contributed by atoms with Gasteiger partial charge >= 0.3 is 0 Å². The Bertz CT molecular complexity index is 1020. The van der Waals surface area contributed by atoms with Crippen LogP contribution in [0.2, 0.25) is 0 Å². The van der Waals surface area contributed by atoms with Crippen molar-refractivity contribution in [3.8, 4) is 17.0 Å². The fourth-order valence-corrected chi connectivity index (χ4v) is 3.06. The largest absolute Gasteiger partial charge is 0.494 e. The molecule has 0 aliphatic carbocycles. The summed E-state index contributed by atoms with van der Waals surface area (Å²) < 4.78 is 23.7. The summed E-state index contributed by atoms with van der Waals surface area (Å²) in [6.45, 7) is 3.90. The highest BCUT2D eigenvalue weighted by atomic mass is 19.1. The number of halogens is 1. The van der Waals surface area contributed by atoms with Gasteiger partial charge in [-0.05, 0) is 55.3 Å². The molecule has 0 fully saturated rings. The van der Waals surface area contributed by atoms with Crippen LogP contribution in [-0.2, 0) is 9.53 Å². The highest BCUT2D eigenvalue weighted by Gasteiger charge is 2.14. The van der Waals surface area contributed by atoms with Crippen molar-refractivity contribution in [2.24, 2.45) is 0 Å². The average Bonchev–Trinajstić information content (AvgIpc) is 2.64. The number of ether oxygens (including phenoxy) is 2. The maximum absolute atomic E-state index is 13.7. The van der Waals surface area contributed by atoms with Crippen LogP contribution in [0.3, 0.4) is 0 Å². The van der Waals surface area contributed by atoms with Crippen molar-refractivity contribution >= 4 is 22.5 Å². The number of fused-ring (bicyclic) bond motifs is 1. The lowest BCUT2D eigenvalue weighted by Gasteiger charge is -2.14. The molecule has 6 heteroatoms. The zero-order valence-corrected chi connectivity index (χ0v) is 15.7. The van der Waals surface area contributed by atoms with E-state index in [0.717, 1.165) is 27.6 Å². The van der Waals surface area contributed by atoms with Crippen LogP contribution in [0.15, 0.2) is 36.4 Å². The number of benzene rings is 2. The fraction of sp³-hybridized carbons (Fsp3) is 0.238. The van der Waals surface area contributed by atoms with Crippen LogP contribution in [0.25, 0.3) is 22.2 Å². The predicted molar refractivity (Wildman–Crippen MR) is 104 cm³/mol. The molecule has 2 aromatic carbocycles. The van der Waals surface area contributed by atoms with E-state index in [1.807, 2.05) is 32.0 Å². The average molecular weight is 368 g/mol. The number of carbonyl (C=O) groups excluding carboxylic acids is 1. The van der Waals surface area contributed by atoms with Gasteiger partial charge in [0.25, 0.3) is 0 Å². The Morgan fingerprint density at radius 3 is 2.59 bits per heavy atom. The van der Waals surface area contributed by atoms with Crippen molar-refractivity contribution in [2.75, 3.05) is 26.1 Å². The molecule has 0 aliphatic heterocycles. The maximum Gasteiger partial charge on any atom is 0.250 e. The van der Waals surface area contributed by atoms with Gasteiger partial charge in [-0.25, -0.2) is 9.37 Å². The SMILES string of the molecule is COCC(=O)Nc1ccc(C)c2nc(-c3ccc(F)c(OC)c3)cc(C)c12. The molecule has 1 heterocycles. The summed E-state index contributed by atoms with van der Waals surface area (Å²) in [5.41, 5.74) is 4.87. The first-order valence-electron chi connectivity index (χ1n) is 8.48. The van der Waals surface area contributed by atoms with E-state index >= 15 is 0 Å². The smallest absolute Gasteiger partial charge is 0.250 e. The van der Waals surface area contributed by atoms with E-state index in [-0.39, 0.29) is 18.3 Å². The molecule has 27 heavy (non-hydrogen) atoms. The molecule has 0 atom stereocenters. The van der Waals surface area contributed by atoms with Gasteiger partial charge in [0, 0.05) is 18.1 Å². The number of amides is 1. The second-order valence-electron chi connectivity index (χ2n) is 6.31. The predicted octanol–water partition coefficient (Wildman–Crippen LogP) is 4.25. The van der Waals surface area contributed by atoms with E-state index in [9.17, 15) is 9.18 Å². The third-order valence-electron chi connectivity index (χ3n) is 4.36. The van der Waals surface area contributed by atoms with Crippen LogP contribution in [0.1, 0.15) is 11.1 Å². The Hall–Kier alpha value is -2.99. The number of nitrogens with one attached hydrogen (secondary N) is 1. The lowest BCUT2D eigenvalue weighted by atomic mass is 10.0. The number of carbonyl (C=O) groups is 1. The minimum absolute atomic E-state index is 0.0185. The van der Waals surface area contributed by atoms with Gasteiger partial charge in [-0.1, -0.05) is 6.07 Å². The topological polar surface area (TPSA) is 60.5 Å². The Kier molecular flexibility index (Phi) is 5.37. The van der Waals surface area contributed by atoms with Gasteiger partial charge in [-0.3, -0.25) is 4.79 Å². The minimum Gasteiger partial charge on any atom is -0.494 e. The van der Waals surface area contributed by atoms with Gasteiger partial charge in [-0.2, -0.15) is 0 Å². The summed E-state index contributed by atoms with van der Waals surface area (Å²) in [4.78, 5) is 16.7. The molecular weight excluding hydrogens is 347 g/mol. The van der Waals surface area contributed by atoms with Gasteiger partial charge in [0.15, 0.2) is 11.6 Å². The molecule has 140 valence electrons. The number of methoxy groups -OCH3 is 2. The molecule has 0 aliphatic rings. The summed E-state index contributed by atoms with van der Waals surface area (Å²) in [6.07, 6.45) is 0. The zero-order valence-electron chi connectivity index (χ0n) is 15.7. The van der Waals surface area contributed by atoms with Crippen molar-refractivity contribution in [2.45, 2.75) is 13.8 Å². The Morgan fingerprint density at radius 2 is 1.89 bits per heavy atom. The van der Waals surface area contributed by atoms with Crippen molar-refractivity contribution in [3.63, 3.8) is 0 Å². The molecule has 0 radical (unpaired) electrons. The third-order valence-corrected chi connectivity index (χ3v) is 4.36.